The van der Waals surface area contributed by atoms with E-state index in [4.69, 9.17) is 9.47 Å². The maximum atomic E-state index is 10.5. The Morgan fingerprint density at radius 3 is 2.04 bits per heavy atom. The van der Waals surface area contributed by atoms with Crippen LogP contribution in [0.2, 0.25) is 0 Å². The van der Waals surface area contributed by atoms with E-state index in [0.717, 1.165) is 11.1 Å². The summed E-state index contributed by atoms with van der Waals surface area (Å²) in [6.07, 6.45) is 3.81. The Morgan fingerprint density at radius 2 is 1.44 bits per heavy atom. The summed E-state index contributed by atoms with van der Waals surface area (Å²) in [5, 5.41) is 10.5. The third-order valence-electron chi connectivity index (χ3n) is 4.69. The van der Waals surface area contributed by atoms with Crippen LogP contribution in [0.3, 0.4) is 0 Å². The Kier molecular flexibility index (Phi) is 6.40. The molecule has 1 N–H and O–H groups in total. The average molecular weight is 338 g/mol. The minimum Gasteiger partial charge on any atom is -0.390 e. The number of hydrogen-bond donors (Lipinski definition) is 1. The maximum Gasteiger partial charge on any atom is 0.0894 e. The molecule has 0 saturated heterocycles. The smallest absolute Gasteiger partial charge is 0.0894 e. The highest BCUT2D eigenvalue weighted by Gasteiger charge is 2.33. The topological polar surface area (TPSA) is 38.7 Å². The Balaban J connectivity index is 1.61. The molecule has 0 unspecified atom stereocenters. The summed E-state index contributed by atoms with van der Waals surface area (Å²) in [5.41, 5.74) is 2.26. The second kappa shape index (κ2) is 8.95. The Morgan fingerprint density at radius 1 is 0.880 bits per heavy atom. The van der Waals surface area contributed by atoms with Gasteiger partial charge in [0.15, 0.2) is 0 Å². The highest BCUT2D eigenvalue weighted by Crippen LogP contribution is 2.26. The van der Waals surface area contributed by atoms with Gasteiger partial charge in [-0.1, -0.05) is 79.7 Å². The van der Waals surface area contributed by atoms with Crippen molar-refractivity contribution in [2.45, 2.75) is 44.9 Å². The standard InChI is InChI=1S/C22H26O3/c1-17-21(24-15-18-9-4-2-5-10-18)14-8-13-20(23)22(17)25-16-19-11-6-3-7-12-19/h2-12,14,17,20-23H,13,15-16H2,1H3/t17-,20+,21-,22-/m0/s1. The Labute approximate surface area is 149 Å². The van der Waals surface area contributed by atoms with Gasteiger partial charge in [0.25, 0.3) is 0 Å². The first-order chi connectivity index (χ1) is 12.2. The molecule has 3 heteroatoms. The van der Waals surface area contributed by atoms with Crippen LogP contribution >= 0.6 is 0 Å². The van der Waals surface area contributed by atoms with Gasteiger partial charge in [0.1, 0.15) is 0 Å². The summed E-state index contributed by atoms with van der Waals surface area (Å²) >= 11 is 0. The number of aliphatic hydroxyl groups is 1. The summed E-state index contributed by atoms with van der Waals surface area (Å²) < 4.78 is 12.2. The van der Waals surface area contributed by atoms with E-state index in [1.54, 1.807) is 0 Å². The summed E-state index contributed by atoms with van der Waals surface area (Å²) in [6, 6.07) is 20.2. The van der Waals surface area contributed by atoms with E-state index >= 15 is 0 Å². The molecule has 4 atom stereocenters. The first-order valence-corrected chi connectivity index (χ1v) is 8.90. The Bertz CT molecular complexity index is 653. The van der Waals surface area contributed by atoms with Gasteiger partial charge in [0.05, 0.1) is 31.5 Å². The van der Waals surface area contributed by atoms with Crippen molar-refractivity contribution in [3.8, 4) is 0 Å². The molecule has 0 heterocycles. The lowest BCUT2D eigenvalue weighted by Crippen LogP contribution is -2.39. The van der Waals surface area contributed by atoms with E-state index in [0.29, 0.717) is 19.6 Å². The van der Waals surface area contributed by atoms with E-state index < -0.39 is 6.10 Å². The third-order valence-corrected chi connectivity index (χ3v) is 4.69. The van der Waals surface area contributed by atoms with E-state index in [1.807, 2.05) is 54.6 Å². The molecule has 0 saturated carbocycles. The number of rotatable bonds is 6. The van der Waals surface area contributed by atoms with Crippen molar-refractivity contribution in [1.82, 2.24) is 0 Å². The molecule has 1 aliphatic rings. The summed E-state index contributed by atoms with van der Waals surface area (Å²) in [7, 11) is 0. The molecule has 0 radical (unpaired) electrons. The molecule has 3 nitrogen and oxygen atoms in total. The van der Waals surface area contributed by atoms with Crippen LogP contribution in [-0.2, 0) is 22.7 Å². The minimum atomic E-state index is -0.514. The normalized spacial score (nSPS) is 26.3. The molecule has 0 bridgehead atoms. The van der Waals surface area contributed by atoms with Gasteiger partial charge in [-0.15, -0.1) is 0 Å². The van der Waals surface area contributed by atoms with Gasteiger partial charge in [-0.2, -0.15) is 0 Å². The monoisotopic (exact) mass is 338 g/mol. The van der Waals surface area contributed by atoms with Crippen molar-refractivity contribution in [2.24, 2.45) is 5.92 Å². The van der Waals surface area contributed by atoms with Crippen LogP contribution in [0.15, 0.2) is 72.8 Å². The van der Waals surface area contributed by atoms with E-state index in [9.17, 15) is 5.11 Å². The van der Waals surface area contributed by atoms with Gasteiger partial charge in [-0.25, -0.2) is 0 Å². The SMILES string of the molecule is C[C@@H]1[C@H](OCc2ccccc2)[C@H](O)CC=C[C@@H]1OCc1ccccc1. The number of hydrogen-bond acceptors (Lipinski definition) is 3. The van der Waals surface area contributed by atoms with Gasteiger partial charge >= 0.3 is 0 Å². The summed E-state index contributed by atoms with van der Waals surface area (Å²) in [6.45, 7) is 3.14. The quantitative estimate of drug-likeness (QED) is 0.806. The van der Waals surface area contributed by atoms with Crippen molar-refractivity contribution in [1.29, 1.82) is 0 Å². The van der Waals surface area contributed by atoms with E-state index in [-0.39, 0.29) is 18.1 Å². The highest BCUT2D eigenvalue weighted by molar-refractivity contribution is 5.15. The average Bonchev–Trinajstić information content (AvgIpc) is 2.78. The molecule has 132 valence electrons. The molecular formula is C22H26O3. The van der Waals surface area contributed by atoms with Crippen molar-refractivity contribution < 1.29 is 14.6 Å². The minimum absolute atomic E-state index is 0.0705. The van der Waals surface area contributed by atoms with E-state index in [2.05, 4.69) is 25.1 Å². The number of benzene rings is 2. The number of ether oxygens (including phenoxy) is 2. The van der Waals surface area contributed by atoms with Crippen molar-refractivity contribution >= 4 is 0 Å². The fraction of sp³-hybridized carbons (Fsp3) is 0.364. The van der Waals surface area contributed by atoms with Gasteiger partial charge in [-0.05, 0) is 17.5 Å². The van der Waals surface area contributed by atoms with Gasteiger partial charge in [0.2, 0.25) is 0 Å². The largest absolute Gasteiger partial charge is 0.390 e. The molecule has 0 aromatic heterocycles. The lowest BCUT2D eigenvalue weighted by molar-refractivity contribution is -0.100. The summed E-state index contributed by atoms with van der Waals surface area (Å²) in [4.78, 5) is 0. The molecule has 2 aromatic rings. The fourth-order valence-corrected chi connectivity index (χ4v) is 3.20. The Hall–Kier alpha value is -1.94. The van der Waals surface area contributed by atoms with Crippen LogP contribution < -0.4 is 0 Å². The van der Waals surface area contributed by atoms with Gasteiger partial charge < -0.3 is 14.6 Å². The zero-order valence-corrected chi connectivity index (χ0v) is 14.6. The summed E-state index contributed by atoms with van der Waals surface area (Å²) in [5.74, 6) is 0.0705. The first kappa shape index (κ1) is 17.9. The fourth-order valence-electron chi connectivity index (χ4n) is 3.20. The molecule has 0 amide bonds. The molecule has 0 spiro atoms. The van der Waals surface area contributed by atoms with Crippen LogP contribution in [0.4, 0.5) is 0 Å². The van der Waals surface area contributed by atoms with E-state index in [1.165, 1.54) is 0 Å². The zero-order chi connectivity index (χ0) is 17.5. The van der Waals surface area contributed by atoms with Gasteiger partial charge in [-0.3, -0.25) is 0 Å². The molecule has 0 aliphatic heterocycles. The van der Waals surface area contributed by atoms with Crippen molar-refractivity contribution in [2.75, 3.05) is 0 Å². The molecule has 2 aromatic carbocycles. The molecule has 0 fully saturated rings. The first-order valence-electron chi connectivity index (χ1n) is 8.90. The van der Waals surface area contributed by atoms with Crippen molar-refractivity contribution in [3.05, 3.63) is 83.9 Å². The van der Waals surface area contributed by atoms with Crippen molar-refractivity contribution in [3.63, 3.8) is 0 Å². The van der Waals surface area contributed by atoms with Crippen LogP contribution in [0.25, 0.3) is 0 Å². The van der Waals surface area contributed by atoms with Crippen LogP contribution in [0.1, 0.15) is 24.5 Å². The molecule has 3 rings (SSSR count). The second-order valence-electron chi connectivity index (χ2n) is 6.61. The van der Waals surface area contributed by atoms with Crippen LogP contribution in [0.5, 0.6) is 0 Å². The lowest BCUT2D eigenvalue weighted by Gasteiger charge is -2.30. The molecule has 25 heavy (non-hydrogen) atoms. The predicted octanol–water partition coefficient (Wildman–Crippen LogP) is 4.11. The lowest BCUT2D eigenvalue weighted by atomic mass is 9.95. The van der Waals surface area contributed by atoms with Crippen LogP contribution in [-0.4, -0.2) is 23.4 Å². The number of aliphatic hydroxyl groups excluding tert-OH is 1. The molecular weight excluding hydrogens is 312 g/mol. The predicted molar refractivity (Wildman–Crippen MR) is 99.0 cm³/mol. The van der Waals surface area contributed by atoms with Crippen LogP contribution in [0, 0.1) is 5.92 Å². The molecule has 1 aliphatic carbocycles. The third kappa shape index (κ3) is 5.02. The van der Waals surface area contributed by atoms with Gasteiger partial charge in [0, 0.05) is 5.92 Å². The highest BCUT2D eigenvalue weighted by atomic mass is 16.5. The zero-order valence-electron chi connectivity index (χ0n) is 14.6. The maximum absolute atomic E-state index is 10.5. The second-order valence-corrected chi connectivity index (χ2v) is 6.61.